The van der Waals surface area contributed by atoms with Crippen molar-refractivity contribution in [2.45, 2.75) is 13.5 Å². The molecule has 0 aliphatic heterocycles. The molecule has 0 spiro atoms. The molecule has 0 unspecified atom stereocenters. The Hall–Kier alpha value is -1.52. The van der Waals surface area contributed by atoms with E-state index in [9.17, 15) is 4.79 Å². The van der Waals surface area contributed by atoms with Crippen molar-refractivity contribution >= 4 is 34.5 Å². The van der Waals surface area contributed by atoms with Crippen LogP contribution in [0.5, 0.6) is 0 Å². The molecule has 1 aromatic heterocycles. The van der Waals surface area contributed by atoms with E-state index in [1.54, 1.807) is 36.6 Å². The SMILES string of the molecule is CNc1ccc(Cl)cc1C(=O)NCc1sccc1C. The van der Waals surface area contributed by atoms with Crippen molar-refractivity contribution in [3.63, 3.8) is 0 Å². The molecule has 2 rings (SSSR count). The number of hydrogen-bond donors (Lipinski definition) is 2. The van der Waals surface area contributed by atoms with Gasteiger partial charge in [0.25, 0.3) is 5.91 Å². The second kappa shape index (κ2) is 6.08. The fourth-order valence-electron chi connectivity index (χ4n) is 1.76. The van der Waals surface area contributed by atoms with Gasteiger partial charge >= 0.3 is 0 Å². The first-order chi connectivity index (χ1) is 9.11. The average molecular weight is 295 g/mol. The summed E-state index contributed by atoms with van der Waals surface area (Å²) >= 11 is 7.58. The second-order valence-corrected chi connectivity index (χ2v) is 5.59. The normalized spacial score (nSPS) is 10.3. The number of aryl methyl sites for hydroxylation is 1. The topological polar surface area (TPSA) is 41.1 Å². The van der Waals surface area contributed by atoms with E-state index in [0.717, 1.165) is 5.69 Å². The van der Waals surface area contributed by atoms with E-state index in [1.165, 1.54) is 10.4 Å². The van der Waals surface area contributed by atoms with Crippen LogP contribution in [0.2, 0.25) is 5.02 Å². The third-order valence-corrected chi connectivity index (χ3v) is 4.13. The second-order valence-electron chi connectivity index (χ2n) is 4.15. The lowest BCUT2D eigenvalue weighted by atomic mass is 10.1. The molecule has 0 saturated heterocycles. The van der Waals surface area contributed by atoms with Crippen LogP contribution >= 0.6 is 22.9 Å². The Bertz CT molecular complexity index is 595. The van der Waals surface area contributed by atoms with Gasteiger partial charge < -0.3 is 10.6 Å². The zero-order valence-electron chi connectivity index (χ0n) is 10.8. The monoisotopic (exact) mass is 294 g/mol. The highest BCUT2D eigenvalue weighted by atomic mass is 35.5. The van der Waals surface area contributed by atoms with Gasteiger partial charge in [0.2, 0.25) is 0 Å². The molecule has 5 heteroatoms. The molecular weight excluding hydrogens is 280 g/mol. The number of thiophene rings is 1. The molecule has 0 aliphatic rings. The summed E-state index contributed by atoms with van der Waals surface area (Å²) in [5, 5.41) is 8.48. The van der Waals surface area contributed by atoms with Crippen LogP contribution in [0.1, 0.15) is 20.8 Å². The highest BCUT2D eigenvalue weighted by molar-refractivity contribution is 7.10. The number of hydrogen-bond acceptors (Lipinski definition) is 3. The van der Waals surface area contributed by atoms with Gasteiger partial charge in [0.05, 0.1) is 12.1 Å². The van der Waals surface area contributed by atoms with Crippen LogP contribution in [0.3, 0.4) is 0 Å². The number of anilines is 1. The van der Waals surface area contributed by atoms with E-state index >= 15 is 0 Å². The summed E-state index contributed by atoms with van der Waals surface area (Å²) in [5.74, 6) is -0.125. The number of halogens is 1. The van der Waals surface area contributed by atoms with Gasteiger partial charge in [-0.1, -0.05) is 11.6 Å². The van der Waals surface area contributed by atoms with Crippen molar-refractivity contribution in [1.29, 1.82) is 0 Å². The molecular formula is C14H15ClN2OS. The Kier molecular flexibility index (Phi) is 4.45. The Morgan fingerprint density at radius 1 is 1.37 bits per heavy atom. The molecule has 1 heterocycles. The summed E-state index contributed by atoms with van der Waals surface area (Å²) in [6.45, 7) is 2.58. The molecule has 100 valence electrons. The molecule has 0 bridgehead atoms. The van der Waals surface area contributed by atoms with Gasteiger partial charge in [-0.25, -0.2) is 0 Å². The maximum Gasteiger partial charge on any atom is 0.253 e. The van der Waals surface area contributed by atoms with Gasteiger partial charge in [-0.15, -0.1) is 11.3 Å². The fourth-order valence-corrected chi connectivity index (χ4v) is 2.78. The predicted molar refractivity (Wildman–Crippen MR) is 81.2 cm³/mol. The number of amides is 1. The molecule has 19 heavy (non-hydrogen) atoms. The lowest BCUT2D eigenvalue weighted by molar-refractivity contribution is 0.0952. The van der Waals surface area contributed by atoms with Crippen LogP contribution in [0.4, 0.5) is 5.69 Å². The number of carbonyl (C=O) groups excluding carboxylic acids is 1. The van der Waals surface area contributed by atoms with Gasteiger partial charge in [0.1, 0.15) is 0 Å². The standard InChI is InChI=1S/C14H15ClN2OS/c1-9-5-6-19-13(9)8-17-14(18)11-7-10(15)3-4-12(11)16-2/h3-7,16H,8H2,1-2H3,(H,17,18). The van der Waals surface area contributed by atoms with E-state index < -0.39 is 0 Å². The number of carbonyl (C=O) groups is 1. The third-order valence-electron chi connectivity index (χ3n) is 2.87. The summed E-state index contributed by atoms with van der Waals surface area (Å²) in [7, 11) is 1.78. The van der Waals surface area contributed by atoms with Gasteiger partial charge in [-0.3, -0.25) is 4.79 Å². The minimum atomic E-state index is -0.125. The minimum absolute atomic E-state index is 0.125. The zero-order valence-corrected chi connectivity index (χ0v) is 12.4. The van der Waals surface area contributed by atoms with Crippen LogP contribution in [0, 0.1) is 6.92 Å². The largest absolute Gasteiger partial charge is 0.387 e. The summed E-state index contributed by atoms with van der Waals surface area (Å²) in [4.78, 5) is 13.3. The Morgan fingerprint density at radius 3 is 2.79 bits per heavy atom. The molecule has 0 atom stereocenters. The molecule has 1 amide bonds. The number of rotatable bonds is 4. The van der Waals surface area contributed by atoms with Crippen molar-refractivity contribution in [2.24, 2.45) is 0 Å². The Morgan fingerprint density at radius 2 is 2.16 bits per heavy atom. The van der Waals surface area contributed by atoms with Crippen LogP contribution in [-0.2, 0) is 6.54 Å². The fraction of sp³-hybridized carbons (Fsp3) is 0.214. The van der Waals surface area contributed by atoms with Crippen molar-refractivity contribution in [1.82, 2.24) is 5.32 Å². The van der Waals surface area contributed by atoms with E-state index in [0.29, 0.717) is 17.1 Å². The van der Waals surface area contributed by atoms with Crippen LogP contribution < -0.4 is 10.6 Å². The summed E-state index contributed by atoms with van der Waals surface area (Å²) in [6, 6.07) is 7.27. The highest BCUT2D eigenvalue weighted by Gasteiger charge is 2.11. The third kappa shape index (κ3) is 3.28. The first kappa shape index (κ1) is 13.9. The van der Waals surface area contributed by atoms with E-state index in [4.69, 9.17) is 11.6 Å². The molecule has 2 N–H and O–H groups in total. The van der Waals surface area contributed by atoms with E-state index in [-0.39, 0.29) is 5.91 Å². The average Bonchev–Trinajstić information content (AvgIpc) is 2.81. The predicted octanol–water partition coefficient (Wildman–Crippen LogP) is 3.68. The maximum atomic E-state index is 12.2. The minimum Gasteiger partial charge on any atom is -0.387 e. The maximum absolute atomic E-state index is 12.2. The van der Waals surface area contributed by atoms with Gasteiger partial charge in [-0.05, 0) is 42.1 Å². The molecule has 0 radical (unpaired) electrons. The van der Waals surface area contributed by atoms with Crippen LogP contribution in [-0.4, -0.2) is 13.0 Å². The molecule has 3 nitrogen and oxygen atoms in total. The summed E-state index contributed by atoms with van der Waals surface area (Å²) < 4.78 is 0. The van der Waals surface area contributed by atoms with Crippen molar-refractivity contribution < 1.29 is 4.79 Å². The number of benzene rings is 1. The first-order valence-corrected chi connectivity index (χ1v) is 7.16. The van der Waals surface area contributed by atoms with E-state index in [1.807, 2.05) is 18.4 Å². The summed E-state index contributed by atoms with van der Waals surface area (Å²) in [5.41, 5.74) is 2.53. The zero-order chi connectivity index (χ0) is 13.8. The molecule has 0 saturated carbocycles. The van der Waals surface area contributed by atoms with Crippen molar-refractivity contribution in [2.75, 3.05) is 12.4 Å². The molecule has 1 aromatic carbocycles. The first-order valence-electron chi connectivity index (χ1n) is 5.90. The van der Waals surface area contributed by atoms with Gasteiger partial charge in [-0.2, -0.15) is 0 Å². The van der Waals surface area contributed by atoms with Crippen LogP contribution in [0.15, 0.2) is 29.6 Å². The lowest BCUT2D eigenvalue weighted by Crippen LogP contribution is -2.23. The van der Waals surface area contributed by atoms with Crippen LogP contribution in [0.25, 0.3) is 0 Å². The van der Waals surface area contributed by atoms with Crippen molar-refractivity contribution in [3.05, 3.63) is 50.7 Å². The van der Waals surface area contributed by atoms with Gasteiger partial charge in [0, 0.05) is 22.6 Å². The number of nitrogens with one attached hydrogen (secondary N) is 2. The quantitative estimate of drug-likeness (QED) is 0.903. The molecule has 2 aromatic rings. The molecule has 0 fully saturated rings. The summed E-state index contributed by atoms with van der Waals surface area (Å²) in [6.07, 6.45) is 0. The smallest absolute Gasteiger partial charge is 0.253 e. The van der Waals surface area contributed by atoms with Gasteiger partial charge in [0.15, 0.2) is 0 Å². The lowest BCUT2D eigenvalue weighted by Gasteiger charge is -2.10. The Balaban J connectivity index is 2.12. The Labute approximate surface area is 121 Å². The molecule has 0 aliphatic carbocycles. The van der Waals surface area contributed by atoms with Crippen molar-refractivity contribution in [3.8, 4) is 0 Å². The van der Waals surface area contributed by atoms with E-state index in [2.05, 4.69) is 10.6 Å². The highest BCUT2D eigenvalue weighted by Crippen LogP contribution is 2.21.